The summed E-state index contributed by atoms with van der Waals surface area (Å²) in [5.74, 6) is 0.912. The van der Waals surface area contributed by atoms with E-state index < -0.39 is 0 Å². The van der Waals surface area contributed by atoms with Gasteiger partial charge in [-0.05, 0) is 61.2 Å². The minimum atomic E-state index is 0.119. The Balaban J connectivity index is 1.94. The van der Waals surface area contributed by atoms with Gasteiger partial charge in [0.25, 0.3) is 0 Å². The van der Waals surface area contributed by atoms with Crippen LogP contribution in [0.4, 0.5) is 0 Å². The normalized spacial score (nSPS) is 17.1. The van der Waals surface area contributed by atoms with Crippen LogP contribution in [0.15, 0.2) is 34.8 Å². The zero-order valence-electron chi connectivity index (χ0n) is 14.2. The predicted octanol–water partition coefficient (Wildman–Crippen LogP) is 4.79. The fourth-order valence-corrected chi connectivity index (χ4v) is 4.35. The number of hydrogen-bond acceptors (Lipinski definition) is 2. The predicted molar refractivity (Wildman–Crippen MR) is 102 cm³/mol. The molecule has 3 nitrogen and oxygen atoms in total. The number of fused-ring (bicyclic) bond motifs is 3. The van der Waals surface area contributed by atoms with Crippen LogP contribution in [0.25, 0.3) is 10.9 Å². The molecule has 0 amide bonds. The highest BCUT2D eigenvalue weighted by Gasteiger charge is 2.28. The first-order chi connectivity index (χ1) is 11.6. The zero-order valence-corrected chi connectivity index (χ0v) is 15.8. The van der Waals surface area contributed by atoms with E-state index in [0.29, 0.717) is 0 Å². The average molecular weight is 385 g/mol. The number of methoxy groups -OCH3 is 1. The molecule has 2 aromatic carbocycles. The van der Waals surface area contributed by atoms with Gasteiger partial charge in [0.15, 0.2) is 0 Å². The summed E-state index contributed by atoms with van der Waals surface area (Å²) in [6, 6.07) is 10.8. The lowest BCUT2D eigenvalue weighted by atomic mass is 9.92. The van der Waals surface area contributed by atoms with Crippen LogP contribution in [0.1, 0.15) is 34.0 Å². The van der Waals surface area contributed by atoms with E-state index in [2.05, 4.69) is 58.3 Å². The number of aromatic amines is 1. The summed E-state index contributed by atoms with van der Waals surface area (Å²) in [7, 11) is 1.73. The molecule has 4 heteroatoms. The first-order valence-electron chi connectivity index (χ1n) is 8.27. The topological polar surface area (TPSA) is 37.0 Å². The molecule has 3 aromatic rings. The highest BCUT2D eigenvalue weighted by Crippen LogP contribution is 2.39. The number of nitrogens with one attached hydrogen (secondary N) is 2. The van der Waals surface area contributed by atoms with Crippen molar-refractivity contribution in [1.82, 2.24) is 10.3 Å². The molecule has 0 saturated carbocycles. The smallest absolute Gasteiger partial charge is 0.124 e. The molecule has 24 heavy (non-hydrogen) atoms. The summed E-state index contributed by atoms with van der Waals surface area (Å²) in [6.45, 7) is 5.33. The molecule has 2 N–H and O–H groups in total. The second-order valence-corrected chi connectivity index (χ2v) is 7.46. The highest BCUT2D eigenvalue weighted by atomic mass is 79.9. The van der Waals surface area contributed by atoms with Crippen LogP contribution in [0.2, 0.25) is 0 Å². The Labute approximate surface area is 150 Å². The van der Waals surface area contributed by atoms with E-state index in [1.807, 2.05) is 12.1 Å². The van der Waals surface area contributed by atoms with E-state index in [-0.39, 0.29) is 6.04 Å². The van der Waals surface area contributed by atoms with Crippen molar-refractivity contribution in [3.8, 4) is 5.75 Å². The highest BCUT2D eigenvalue weighted by molar-refractivity contribution is 9.10. The van der Waals surface area contributed by atoms with Crippen molar-refractivity contribution >= 4 is 26.8 Å². The number of ether oxygens (including phenoxy) is 1. The summed E-state index contributed by atoms with van der Waals surface area (Å²) in [4.78, 5) is 3.68. The second-order valence-electron chi connectivity index (χ2n) is 6.55. The molecule has 1 aliphatic rings. The molecule has 0 saturated heterocycles. The van der Waals surface area contributed by atoms with Gasteiger partial charge in [0.1, 0.15) is 5.75 Å². The van der Waals surface area contributed by atoms with Crippen LogP contribution in [-0.4, -0.2) is 18.6 Å². The van der Waals surface area contributed by atoms with E-state index in [0.717, 1.165) is 28.8 Å². The Hall–Kier alpha value is -1.78. The Morgan fingerprint density at radius 3 is 2.79 bits per heavy atom. The van der Waals surface area contributed by atoms with Crippen LogP contribution in [0.5, 0.6) is 5.75 Å². The van der Waals surface area contributed by atoms with Crippen molar-refractivity contribution in [2.24, 2.45) is 0 Å². The lowest BCUT2D eigenvalue weighted by molar-refractivity contribution is 0.402. The van der Waals surface area contributed by atoms with Crippen molar-refractivity contribution < 1.29 is 4.74 Å². The fraction of sp³-hybridized carbons (Fsp3) is 0.300. The fourth-order valence-electron chi connectivity index (χ4n) is 3.97. The maximum Gasteiger partial charge on any atom is 0.124 e. The van der Waals surface area contributed by atoms with Crippen molar-refractivity contribution in [3.63, 3.8) is 0 Å². The summed E-state index contributed by atoms with van der Waals surface area (Å²) in [5, 5.41) is 5.04. The van der Waals surface area contributed by atoms with Crippen molar-refractivity contribution in [2.45, 2.75) is 26.3 Å². The third-order valence-electron chi connectivity index (χ3n) is 4.89. The SMILES string of the molecule is COc1ccc(Br)cc1C1NCCc2c1[nH]c1cc(C)cc(C)c21. The van der Waals surface area contributed by atoms with Gasteiger partial charge in [-0.25, -0.2) is 0 Å². The molecular formula is C20H21BrN2O. The summed E-state index contributed by atoms with van der Waals surface area (Å²) < 4.78 is 6.68. The first-order valence-corrected chi connectivity index (χ1v) is 9.06. The molecule has 0 aliphatic carbocycles. The number of halogens is 1. The number of rotatable bonds is 2. The van der Waals surface area contributed by atoms with E-state index in [1.165, 1.54) is 33.3 Å². The molecule has 1 aromatic heterocycles. The van der Waals surface area contributed by atoms with Gasteiger partial charge in [0.2, 0.25) is 0 Å². The van der Waals surface area contributed by atoms with Gasteiger partial charge in [-0.1, -0.05) is 22.0 Å². The third-order valence-corrected chi connectivity index (χ3v) is 5.38. The minimum absolute atomic E-state index is 0.119. The Morgan fingerprint density at radius 2 is 2.00 bits per heavy atom. The quantitative estimate of drug-likeness (QED) is 0.666. The molecular weight excluding hydrogens is 364 g/mol. The number of aromatic nitrogens is 1. The molecule has 1 atom stereocenters. The molecule has 2 heterocycles. The van der Waals surface area contributed by atoms with Crippen LogP contribution in [0.3, 0.4) is 0 Å². The first kappa shape index (κ1) is 15.7. The molecule has 1 aliphatic heterocycles. The van der Waals surface area contributed by atoms with Gasteiger partial charge in [-0.3, -0.25) is 0 Å². The summed E-state index contributed by atoms with van der Waals surface area (Å²) in [5.41, 5.74) is 7.75. The maximum atomic E-state index is 5.61. The number of H-pyrrole nitrogens is 1. The Morgan fingerprint density at radius 1 is 1.17 bits per heavy atom. The van der Waals surface area contributed by atoms with Crippen molar-refractivity contribution in [1.29, 1.82) is 0 Å². The molecule has 1 unspecified atom stereocenters. The van der Waals surface area contributed by atoms with Gasteiger partial charge >= 0.3 is 0 Å². The van der Waals surface area contributed by atoms with Crippen LogP contribution < -0.4 is 10.1 Å². The molecule has 0 radical (unpaired) electrons. The van der Waals surface area contributed by atoms with Crippen LogP contribution >= 0.6 is 15.9 Å². The van der Waals surface area contributed by atoms with E-state index in [9.17, 15) is 0 Å². The number of hydrogen-bond donors (Lipinski definition) is 2. The van der Waals surface area contributed by atoms with E-state index in [1.54, 1.807) is 7.11 Å². The van der Waals surface area contributed by atoms with Gasteiger partial charge in [0, 0.05) is 33.2 Å². The number of benzene rings is 2. The van der Waals surface area contributed by atoms with Crippen LogP contribution in [-0.2, 0) is 6.42 Å². The van der Waals surface area contributed by atoms with Gasteiger partial charge < -0.3 is 15.0 Å². The van der Waals surface area contributed by atoms with E-state index >= 15 is 0 Å². The van der Waals surface area contributed by atoms with Gasteiger partial charge in [-0.15, -0.1) is 0 Å². The maximum absolute atomic E-state index is 5.61. The van der Waals surface area contributed by atoms with Crippen molar-refractivity contribution in [2.75, 3.05) is 13.7 Å². The molecule has 0 bridgehead atoms. The van der Waals surface area contributed by atoms with Gasteiger partial charge in [0.05, 0.1) is 13.2 Å². The van der Waals surface area contributed by atoms with Gasteiger partial charge in [-0.2, -0.15) is 0 Å². The zero-order chi connectivity index (χ0) is 16.8. The average Bonchev–Trinajstić information content (AvgIpc) is 2.93. The molecule has 4 rings (SSSR count). The molecule has 124 valence electrons. The lowest BCUT2D eigenvalue weighted by Crippen LogP contribution is -2.30. The second kappa shape index (κ2) is 5.94. The standard InChI is InChI=1S/C20H21BrN2O/c1-11-8-12(2)18-14-6-7-22-19(20(14)23-16(18)9-11)15-10-13(21)4-5-17(15)24-3/h4-5,8-10,19,22-23H,6-7H2,1-3H3. The Kier molecular flexibility index (Phi) is 3.89. The monoisotopic (exact) mass is 384 g/mol. The minimum Gasteiger partial charge on any atom is -0.496 e. The largest absolute Gasteiger partial charge is 0.496 e. The summed E-state index contributed by atoms with van der Waals surface area (Å²) in [6.07, 6.45) is 1.05. The van der Waals surface area contributed by atoms with Crippen molar-refractivity contribution in [3.05, 3.63) is 62.8 Å². The van der Waals surface area contributed by atoms with E-state index in [4.69, 9.17) is 4.74 Å². The molecule has 0 fully saturated rings. The van der Waals surface area contributed by atoms with Crippen LogP contribution in [0, 0.1) is 13.8 Å². The Bertz CT molecular complexity index is 929. The number of aryl methyl sites for hydroxylation is 2. The third kappa shape index (κ3) is 2.45. The lowest BCUT2D eigenvalue weighted by Gasteiger charge is -2.26. The summed E-state index contributed by atoms with van der Waals surface area (Å²) >= 11 is 3.59. The molecule has 0 spiro atoms.